The van der Waals surface area contributed by atoms with Gasteiger partial charge in [0.25, 0.3) is 0 Å². The van der Waals surface area contributed by atoms with Crippen LogP contribution in [0.2, 0.25) is 0 Å². The van der Waals surface area contributed by atoms with E-state index in [0.29, 0.717) is 13.0 Å². The SMILES string of the molecule is CCCCC/C=C\C/C=C\CCCCCCCC(=O)OC(COCCCCCCCCCCCCCCCCCC)COC(C)=O. The van der Waals surface area contributed by atoms with Gasteiger partial charge in [-0.1, -0.05) is 167 Å². The predicted octanol–water partition coefficient (Wildman–Crippen LogP) is 12.6. The Kier molecular flexibility index (Phi) is 36.5. The van der Waals surface area contributed by atoms with E-state index in [4.69, 9.17) is 14.2 Å². The van der Waals surface area contributed by atoms with E-state index in [1.54, 1.807) is 0 Å². The Morgan fingerprint density at radius 1 is 0.522 bits per heavy atom. The summed E-state index contributed by atoms with van der Waals surface area (Å²) in [6, 6.07) is 0. The van der Waals surface area contributed by atoms with Crippen LogP contribution in [-0.4, -0.2) is 37.9 Å². The molecular weight excluding hydrogens is 572 g/mol. The Morgan fingerprint density at radius 3 is 1.48 bits per heavy atom. The zero-order chi connectivity index (χ0) is 33.6. The van der Waals surface area contributed by atoms with Gasteiger partial charge in [0.2, 0.25) is 0 Å². The number of unbranched alkanes of at least 4 members (excludes halogenated alkanes) is 23. The lowest BCUT2D eigenvalue weighted by molar-refractivity contribution is -0.161. The van der Waals surface area contributed by atoms with E-state index in [-0.39, 0.29) is 25.2 Å². The Morgan fingerprint density at radius 2 is 0.957 bits per heavy atom. The molecule has 0 aromatic rings. The van der Waals surface area contributed by atoms with Crippen LogP contribution in [0.15, 0.2) is 24.3 Å². The van der Waals surface area contributed by atoms with Crippen LogP contribution in [0.25, 0.3) is 0 Å². The van der Waals surface area contributed by atoms with Crippen LogP contribution in [0.1, 0.15) is 201 Å². The van der Waals surface area contributed by atoms with Gasteiger partial charge in [-0.15, -0.1) is 0 Å². The molecule has 0 spiro atoms. The third-order valence-electron chi connectivity index (χ3n) is 8.55. The van der Waals surface area contributed by atoms with E-state index in [1.165, 1.54) is 142 Å². The summed E-state index contributed by atoms with van der Waals surface area (Å²) in [5.74, 6) is -0.596. The third kappa shape index (κ3) is 36.8. The zero-order valence-electron chi connectivity index (χ0n) is 30.8. The molecular formula is C41H76O5. The molecule has 0 aromatic heterocycles. The van der Waals surface area contributed by atoms with Gasteiger partial charge >= 0.3 is 11.9 Å². The summed E-state index contributed by atoms with van der Waals surface area (Å²) in [6.07, 6.45) is 43.2. The first-order chi connectivity index (χ1) is 22.6. The highest BCUT2D eigenvalue weighted by atomic mass is 16.6. The van der Waals surface area contributed by atoms with E-state index in [1.807, 2.05) is 0 Å². The Balaban J connectivity index is 3.72. The highest BCUT2D eigenvalue weighted by Gasteiger charge is 2.16. The van der Waals surface area contributed by atoms with Crippen molar-refractivity contribution in [2.24, 2.45) is 0 Å². The fraction of sp³-hybridized carbons (Fsp3) is 0.854. The molecule has 0 rings (SSSR count). The van der Waals surface area contributed by atoms with Gasteiger partial charge in [0, 0.05) is 20.0 Å². The van der Waals surface area contributed by atoms with Crippen molar-refractivity contribution in [3.05, 3.63) is 24.3 Å². The second-order valence-corrected chi connectivity index (χ2v) is 13.3. The Labute approximate surface area is 286 Å². The lowest BCUT2D eigenvalue weighted by Gasteiger charge is -2.18. The molecule has 0 aliphatic heterocycles. The fourth-order valence-electron chi connectivity index (χ4n) is 5.62. The number of carbonyl (C=O) groups excluding carboxylic acids is 2. The van der Waals surface area contributed by atoms with Crippen LogP contribution in [0.5, 0.6) is 0 Å². The molecule has 0 N–H and O–H groups in total. The highest BCUT2D eigenvalue weighted by Crippen LogP contribution is 2.14. The minimum absolute atomic E-state index is 0.0577. The van der Waals surface area contributed by atoms with Crippen LogP contribution in [0.3, 0.4) is 0 Å². The van der Waals surface area contributed by atoms with Crippen LogP contribution in [0, 0.1) is 0 Å². The summed E-state index contributed by atoms with van der Waals surface area (Å²) in [7, 11) is 0. The van der Waals surface area contributed by atoms with Gasteiger partial charge in [0.15, 0.2) is 6.10 Å². The molecule has 0 heterocycles. The first-order valence-corrected chi connectivity index (χ1v) is 19.8. The van der Waals surface area contributed by atoms with E-state index in [2.05, 4.69) is 38.2 Å². The van der Waals surface area contributed by atoms with Crippen molar-refractivity contribution >= 4 is 11.9 Å². The number of carbonyl (C=O) groups is 2. The fourth-order valence-corrected chi connectivity index (χ4v) is 5.62. The molecule has 46 heavy (non-hydrogen) atoms. The third-order valence-corrected chi connectivity index (χ3v) is 8.55. The minimum Gasteiger partial charge on any atom is -0.462 e. The number of rotatable bonds is 36. The van der Waals surface area contributed by atoms with Gasteiger partial charge in [0.1, 0.15) is 6.61 Å². The number of hydrogen-bond acceptors (Lipinski definition) is 5. The maximum atomic E-state index is 12.4. The second-order valence-electron chi connectivity index (χ2n) is 13.3. The second kappa shape index (κ2) is 37.8. The van der Waals surface area contributed by atoms with Crippen molar-refractivity contribution in [3.8, 4) is 0 Å². The largest absolute Gasteiger partial charge is 0.462 e. The lowest BCUT2D eigenvalue weighted by Crippen LogP contribution is -2.29. The van der Waals surface area contributed by atoms with Crippen LogP contribution < -0.4 is 0 Å². The monoisotopic (exact) mass is 649 g/mol. The van der Waals surface area contributed by atoms with Crippen molar-refractivity contribution in [2.45, 2.75) is 207 Å². The van der Waals surface area contributed by atoms with Crippen molar-refractivity contribution < 1.29 is 23.8 Å². The molecule has 0 fully saturated rings. The number of allylic oxidation sites excluding steroid dienone is 4. The first-order valence-electron chi connectivity index (χ1n) is 19.8. The molecule has 5 heteroatoms. The van der Waals surface area contributed by atoms with E-state index in [0.717, 1.165) is 38.5 Å². The number of esters is 2. The molecule has 1 unspecified atom stereocenters. The molecule has 0 aromatic carbocycles. The molecule has 0 saturated heterocycles. The summed E-state index contributed by atoms with van der Waals surface area (Å²) >= 11 is 0. The maximum Gasteiger partial charge on any atom is 0.306 e. The molecule has 0 aliphatic carbocycles. The van der Waals surface area contributed by atoms with Crippen molar-refractivity contribution in [2.75, 3.05) is 19.8 Å². The smallest absolute Gasteiger partial charge is 0.306 e. The molecule has 270 valence electrons. The molecule has 0 amide bonds. The standard InChI is InChI=1S/C41H76O5/c1-4-6-8-10-12-14-16-18-20-22-24-26-28-30-32-34-36-44-37-40(38-45-39(3)42)46-41(43)35-33-31-29-27-25-23-21-19-17-15-13-11-9-7-5-2/h13,15,19,21,40H,4-12,14,16-18,20,22-38H2,1-3H3/b15-13-,21-19-. The van der Waals surface area contributed by atoms with Gasteiger partial charge in [-0.3, -0.25) is 9.59 Å². The summed E-state index contributed by atoms with van der Waals surface area (Å²) < 4.78 is 16.5. The quantitative estimate of drug-likeness (QED) is 0.0384. The normalized spacial score (nSPS) is 12.3. The van der Waals surface area contributed by atoms with Gasteiger partial charge in [-0.25, -0.2) is 0 Å². The van der Waals surface area contributed by atoms with Gasteiger partial charge in [0.05, 0.1) is 6.61 Å². The average molecular weight is 649 g/mol. The molecule has 0 radical (unpaired) electrons. The summed E-state index contributed by atoms with van der Waals surface area (Å²) in [6.45, 7) is 6.88. The Bertz CT molecular complexity index is 701. The molecule has 0 saturated carbocycles. The molecule has 5 nitrogen and oxygen atoms in total. The van der Waals surface area contributed by atoms with Crippen LogP contribution in [-0.2, 0) is 23.8 Å². The van der Waals surface area contributed by atoms with E-state index in [9.17, 15) is 9.59 Å². The van der Waals surface area contributed by atoms with Gasteiger partial charge < -0.3 is 14.2 Å². The van der Waals surface area contributed by atoms with Gasteiger partial charge in [-0.05, 0) is 44.9 Å². The minimum atomic E-state index is -0.532. The average Bonchev–Trinajstić information content (AvgIpc) is 3.04. The van der Waals surface area contributed by atoms with Crippen molar-refractivity contribution in [1.29, 1.82) is 0 Å². The summed E-state index contributed by atoms with van der Waals surface area (Å²) in [5, 5.41) is 0. The van der Waals surface area contributed by atoms with Crippen LogP contribution in [0.4, 0.5) is 0 Å². The zero-order valence-corrected chi connectivity index (χ0v) is 30.8. The van der Waals surface area contributed by atoms with E-state index < -0.39 is 6.10 Å². The van der Waals surface area contributed by atoms with Crippen molar-refractivity contribution in [1.82, 2.24) is 0 Å². The molecule has 0 bridgehead atoms. The number of ether oxygens (including phenoxy) is 3. The molecule has 0 aliphatic rings. The van der Waals surface area contributed by atoms with Gasteiger partial charge in [-0.2, -0.15) is 0 Å². The van der Waals surface area contributed by atoms with Crippen LogP contribution >= 0.6 is 0 Å². The number of hydrogen-bond donors (Lipinski definition) is 0. The predicted molar refractivity (Wildman–Crippen MR) is 196 cm³/mol. The Hall–Kier alpha value is -1.62. The molecule has 1 atom stereocenters. The first kappa shape index (κ1) is 44.4. The maximum absolute atomic E-state index is 12.4. The highest BCUT2D eigenvalue weighted by molar-refractivity contribution is 5.69. The summed E-state index contributed by atoms with van der Waals surface area (Å²) in [4.78, 5) is 23.7. The summed E-state index contributed by atoms with van der Waals surface area (Å²) in [5.41, 5.74) is 0. The topological polar surface area (TPSA) is 61.8 Å². The lowest BCUT2D eigenvalue weighted by atomic mass is 10.0. The van der Waals surface area contributed by atoms with E-state index >= 15 is 0 Å². The van der Waals surface area contributed by atoms with Crippen molar-refractivity contribution in [3.63, 3.8) is 0 Å².